The van der Waals surface area contributed by atoms with E-state index in [1.165, 1.54) is 4.90 Å². The van der Waals surface area contributed by atoms with Crippen molar-refractivity contribution in [2.75, 3.05) is 0 Å². The molecule has 1 heterocycles. The van der Waals surface area contributed by atoms with Crippen LogP contribution in [0.5, 0.6) is 0 Å². The molecule has 96 valence electrons. The van der Waals surface area contributed by atoms with Gasteiger partial charge in [-0.3, -0.25) is 9.69 Å². The number of urea groups is 1. The number of nitrogens with one attached hydrogen (secondary N) is 1. The Bertz CT molecular complexity index is 462. The molecule has 1 atom stereocenters. The number of amides is 3. The van der Waals surface area contributed by atoms with Crippen molar-refractivity contribution in [3.05, 3.63) is 35.9 Å². The van der Waals surface area contributed by atoms with Gasteiger partial charge in [0, 0.05) is 12.0 Å². The first-order chi connectivity index (χ1) is 8.39. The second kappa shape index (κ2) is 4.44. The fourth-order valence-corrected chi connectivity index (χ4v) is 2.15. The van der Waals surface area contributed by atoms with Gasteiger partial charge in [-0.1, -0.05) is 30.3 Å². The number of imide groups is 1. The Balaban J connectivity index is 2.14. The van der Waals surface area contributed by atoms with Crippen LogP contribution in [-0.4, -0.2) is 28.4 Å². The highest BCUT2D eigenvalue weighted by molar-refractivity contribution is 6.05. The largest absolute Gasteiger partial charge is 0.325 e. The third-order valence-corrected chi connectivity index (χ3v) is 2.97. The van der Waals surface area contributed by atoms with E-state index in [4.69, 9.17) is 0 Å². The first kappa shape index (κ1) is 12.6. The van der Waals surface area contributed by atoms with E-state index in [1.807, 2.05) is 51.1 Å². The summed E-state index contributed by atoms with van der Waals surface area (Å²) in [6.07, 6.45) is 0.540. The second-order valence-electron chi connectivity index (χ2n) is 5.54. The van der Waals surface area contributed by atoms with Crippen LogP contribution in [0.1, 0.15) is 26.3 Å². The summed E-state index contributed by atoms with van der Waals surface area (Å²) >= 11 is 0. The molecule has 0 saturated carbocycles. The monoisotopic (exact) mass is 246 g/mol. The summed E-state index contributed by atoms with van der Waals surface area (Å²) in [5.74, 6) is -0.142. The molecule has 3 amide bonds. The molecule has 1 aromatic carbocycles. The Morgan fingerprint density at radius 3 is 2.28 bits per heavy atom. The van der Waals surface area contributed by atoms with Crippen LogP contribution in [0.4, 0.5) is 4.79 Å². The topological polar surface area (TPSA) is 49.4 Å². The zero-order valence-corrected chi connectivity index (χ0v) is 10.9. The van der Waals surface area contributed by atoms with Crippen molar-refractivity contribution in [2.45, 2.75) is 38.8 Å². The number of carbonyl (C=O) groups is 2. The molecule has 1 unspecified atom stereocenters. The smallest absolute Gasteiger partial charge is 0.325 e. The van der Waals surface area contributed by atoms with Gasteiger partial charge in [-0.25, -0.2) is 4.79 Å². The second-order valence-corrected chi connectivity index (χ2v) is 5.54. The summed E-state index contributed by atoms with van der Waals surface area (Å²) in [6, 6.07) is 8.96. The molecule has 1 saturated heterocycles. The molecule has 1 aromatic rings. The lowest BCUT2D eigenvalue weighted by Crippen LogP contribution is -2.46. The number of benzene rings is 1. The normalized spacial score (nSPS) is 20.2. The van der Waals surface area contributed by atoms with Crippen LogP contribution in [0.25, 0.3) is 0 Å². The molecule has 1 fully saturated rings. The van der Waals surface area contributed by atoms with Gasteiger partial charge in [0.1, 0.15) is 6.04 Å². The predicted octanol–water partition coefficient (Wildman–Crippen LogP) is 1.95. The van der Waals surface area contributed by atoms with Crippen LogP contribution < -0.4 is 5.32 Å². The lowest BCUT2D eigenvalue weighted by atomic mass is 10.0. The minimum absolute atomic E-state index is 0.142. The first-order valence-corrected chi connectivity index (χ1v) is 6.08. The molecule has 1 aliphatic rings. The van der Waals surface area contributed by atoms with Crippen molar-refractivity contribution < 1.29 is 9.59 Å². The molecule has 2 rings (SSSR count). The third-order valence-electron chi connectivity index (χ3n) is 2.97. The van der Waals surface area contributed by atoms with Crippen LogP contribution in [0, 0.1) is 0 Å². The Morgan fingerprint density at radius 1 is 1.17 bits per heavy atom. The van der Waals surface area contributed by atoms with E-state index in [0.29, 0.717) is 6.42 Å². The van der Waals surface area contributed by atoms with E-state index in [0.717, 1.165) is 5.56 Å². The van der Waals surface area contributed by atoms with Crippen LogP contribution in [0.2, 0.25) is 0 Å². The third kappa shape index (κ3) is 2.37. The summed E-state index contributed by atoms with van der Waals surface area (Å²) in [5, 5.41) is 2.75. The maximum atomic E-state index is 12.2. The fraction of sp³-hybridized carbons (Fsp3) is 0.429. The highest BCUT2D eigenvalue weighted by Crippen LogP contribution is 2.21. The van der Waals surface area contributed by atoms with E-state index in [-0.39, 0.29) is 11.9 Å². The molecule has 0 spiro atoms. The molecule has 0 bridgehead atoms. The minimum atomic E-state index is -0.480. The molecule has 0 aromatic heterocycles. The highest BCUT2D eigenvalue weighted by atomic mass is 16.2. The molecule has 4 nitrogen and oxygen atoms in total. The first-order valence-electron chi connectivity index (χ1n) is 6.08. The number of hydrogen-bond donors (Lipinski definition) is 1. The van der Waals surface area contributed by atoms with Gasteiger partial charge in [0.05, 0.1) is 0 Å². The quantitative estimate of drug-likeness (QED) is 0.811. The zero-order chi connectivity index (χ0) is 13.3. The molecule has 1 aliphatic heterocycles. The average Bonchev–Trinajstić information content (AvgIpc) is 2.54. The summed E-state index contributed by atoms with van der Waals surface area (Å²) in [5.41, 5.74) is 0.569. The molecule has 0 aliphatic carbocycles. The Hall–Kier alpha value is -1.84. The van der Waals surface area contributed by atoms with Crippen molar-refractivity contribution >= 4 is 11.9 Å². The van der Waals surface area contributed by atoms with Crippen molar-refractivity contribution in [3.63, 3.8) is 0 Å². The van der Waals surface area contributed by atoms with E-state index in [2.05, 4.69) is 5.32 Å². The Morgan fingerprint density at radius 2 is 1.78 bits per heavy atom. The van der Waals surface area contributed by atoms with E-state index in [9.17, 15) is 9.59 Å². The van der Waals surface area contributed by atoms with E-state index < -0.39 is 11.6 Å². The van der Waals surface area contributed by atoms with Crippen LogP contribution >= 0.6 is 0 Å². The van der Waals surface area contributed by atoms with Gasteiger partial charge in [0.25, 0.3) is 5.91 Å². The molecular weight excluding hydrogens is 228 g/mol. The van der Waals surface area contributed by atoms with Gasteiger partial charge < -0.3 is 5.32 Å². The average molecular weight is 246 g/mol. The standard InChI is InChI=1S/C14H18N2O2/c1-14(2,3)16-12(17)11(15-13(16)18)9-10-7-5-4-6-8-10/h4-8,11H,9H2,1-3H3,(H,15,18). The van der Waals surface area contributed by atoms with Crippen LogP contribution in [0.15, 0.2) is 30.3 Å². The Kier molecular flexibility index (Phi) is 3.11. The maximum absolute atomic E-state index is 12.2. The number of rotatable bonds is 2. The number of nitrogens with zero attached hydrogens (tertiary/aromatic N) is 1. The van der Waals surface area contributed by atoms with Gasteiger partial charge >= 0.3 is 6.03 Å². The van der Waals surface area contributed by atoms with Crippen molar-refractivity contribution in [1.29, 1.82) is 0 Å². The molecule has 1 N–H and O–H groups in total. The molecule has 18 heavy (non-hydrogen) atoms. The molecule has 0 radical (unpaired) electrons. The van der Waals surface area contributed by atoms with Gasteiger partial charge in [0.15, 0.2) is 0 Å². The van der Waals surface area contributed by atoms with Crippen LogP contribution in [0.3, 0.4) is 0 Å². The predicted molar refractivity (Wildman–Crippen MR) is 69.1 cm³/mol. The number of carbonyl (C=O) groups excluding carboxylic acids is 2. The number of hydrogen-bond acceptors (Lipinski definition) is 2. The fourth-order valence-electron chi connectivity index (χ4n) is 2.15. The lowest BCUT2D eigenvalue weighted by Gasteiger charge is -2.28. The summed E-state index contributed by atoms with van der Waals surface area (Å²) < 4.78 is 0. The van der Waals surface area contributed by atoms with Gasteiger partial charge in [-0.15, -0.1) is 0 Å². The van der Waals surface area contributed by atoms with Crippen molar-refractivity contribution in [1.82, 2.24) is 10.2 Å². The molecular formula is C14H18N2O2. The van der Waals surface area contributed by atoms with Gasteiger partial charge in [0.2, 0.25) is 0 Å². The lowest BCUT2D eigenvalue weighted by molar-refractivity contribution is -0.130. The maximum Gasteiger partial charge on any atom is 0.325 e. The highest BCUT2D eigenvalue weighted by Gasteiger charge is 2.43. The van der Waals surface area contributed by atoms with Crippen molar-refractivity contribution in [3.8, 4) is 0 Å². The van der Waals surface area contributed by atoms with Crippen molar-refractivity contribution in [2.24, 2.45) is 0 Å². The zero-order valence-electron chi connectivity index (χ0n) is 10.9. The minimum Gasteiger partial charge on any atom is -0.325 e. The van der Waals surface area contributed by atoms with E-state index in [1.54, 1.807) is 0 Å². The summed E-state index contributed by atoms with van der Waals surface area (Å²) in [4.78, 5) is 25.3. The Labute approximate surface area is 107 Å². The summed E-state index contributed by atoms with van der Waals surface area (Å²) in [7, 11) is 0. The van der Waals surface area contributed by atoms with Gasteiger partial charge in [-0.05, 0) is 26.3 Å². The molecule has 4 heteroatoms. The SMILES string of the molecule is CC(C)(C)N1C(=O)NC(Cc2ccccc2)C1=O. The van der Waals surface area contributed by atoms with E-state index >= 15 is 0 Å². The van der Waals surface area contributed by atoms with Gasteiger partial charge in [-0.2, -0.15) is 0 Å². The summed E-state index contributed by atoms with van der Waals surface area (Å²) in [6.45, 7) is 5.57. The van der Waals surface area contributed by atoms with Crippen LogP contribution in [-0.2, 0) is 11.2 Å².